The summed E-state index contributed by atoms with van der Waals surface area (Å²) in [6.07, 6.45) is 80.4. The van der Waals surface area contributed by atoms with Crippen molar-refractivity contribution >= 4 is 17.9 Å². The van der Waals surface area contributed by atoms with E-state index in [1.54, 1.807) is 0 Å². The fourth-order valence-electron chi connectivity index (χ4n) is 7.47. The number of ether oxygens (including phenoxy) is 4. The summed E-state index contributed by atoms with van der Waals surface area (Å²) in [4.78, 5) is 37.2. The van der Waals surface area contributed by atoms with Crippen molar-refractivity contribution in [3.63, 3.8) is 0 Å². The first kappa shape index (κ1) is 72.2. The van der Waals surface area contributed by atoms with E-state index in [1.807, 2.05) is 21.1 Å². The van der Waals surface area contributed by atoms with E-state index < -0.39 is 24.3 Å². The van der Waals surface area contributed by atoms with E-state index in [4.69, 9.17) is 18.9 Å². The summed E-state index contributed by atoms with van der Waals surface area (Å²) in [5.41, 5.74) is 0. The summed E-state index contributed by atoms with van der Waals surface area (Å²) >= 11 is 0. The third kappa shape index (κ3) is 58.7. The number of esters is 2. The molecule has 434 valence electrons. The third-order valence-electron chi connectivity index (χ3n) is 12.1. The molecule has 0 fully saturated rings. The van der Waals surface area contributed by atoms with E-state index in [0.717, 1.165) is 141 Å². The molecule has 0 aliphatic heterocycles. The van der Waals surface area contributed by atoms with E-state index in [0.29, 0.717) is 23.9 Å². The van der Waals surface area contributed by atoms with Crippen molar-refractivity contribution in [2.75, 3.05) is 47.5 Å². The van der Waals surface area contributed by atoms with E-state index in [-0.39, 0.29) is 38.6 Å². The van der Waals surface area contributed by atoms with E-state index in [1.165, 1.54) is 25.7 Å². The third-order valence-corrected chi connectivity index (χ3v) is 12.1. The monoisotopic (exact) mass is 1070 g/mol. The lowest BCUT2D eigenvalue weighted by Gasteiger charge is -2.26. The Morgan fingerprint density at radius 1 is 0.403 bits per heavy atom. The Hall–Kier alpha value is -4.83. The summed E-state index contributed by atoms with van der Waals surface area (Å²) < 4.78 is 22.6. The van der Waals surface area contributed by atoms with Gasteiger partial charge in [0.15, 0.2) is 12.4 Å². The molecule has 0 radical (unpaired) electrons. The number of aliphatic carboxylic acids is 1. The van der Waals surface area contributed by atoms with Crippen LogP contribution in [-0.2, 0) is 33.3 Å². The first-order valence-electron chi connectivity index (χ1n) is 30.0. The number of nitrogens with zero attached hydrogens (tertiary/aromatic N) is 1. The van der Waals surface area contributed by atoms with Gasteiger partial charge in [0.1, 0.15) is 13.2 Å². The Morgan fingerprint density at radius 2 is 0.740 bits per heavy atom. The Bertz CT molecular complexity index is 1770. The van der Waals surface area contributed by atoms with Crippen LogP contribution < -0.4 is 5.11 Å². The summed E-state index contributed by atoms with van der Waals surface area (Å²) in [6.45, 7) is 4.54. The molecule has 0 heterocycles. The number of rotatable bonds is 53. The topological polar surface area (TPSA) is 111 Å². The summed E-state index contributed by atoms with van der Waals surface area (Å²) in [6, 6.07) is 0. The molecule has 0 saturated carbocycles. The van der Waals surface area contributed by atoms with E-state index >= 15 is 0 Å². The van der Waals surface area contributed by atoms with Gasteiger partial charge in [-0.1, -0.05) is 217 Å². The van der Waals surface area contributed by atoms with Gasteiger partial charge in [-0.25, -0.2) is 0 Å². The number of carbonyl (C=O) groups is 3. The highest BCUT2D eigenvalue weighted by atomic mass is 16.7. The maximum atomic E-state index is 12.9. The van der Waals surface area contributed by atoms with Crippen LogP contribution in [0.3, 0.4) is 0 Å². The van der Waals surface area contributed by atoms with Gasteiger partial charge in [0, 0.05) is 12.8 Å². The molecule has 0 rings (SSSR count). The van der Waals surface area contributed by atoms with Gasteiger partial charge in [0.05, 0.1) is 40.3 Å². The summed E-state index contributed by atoms with van der Waals surface area (Å²) in [5.74, 6) is -2.34. The number of likely N-dealkylation sites (N-methyl/N-ethyl adjacent to an activating group) is 1. The molecule has 0 N–H and O–H groups in total. The Kier molecular flexibility index (Phi) is 53.8. The molecule has 2 unspecified atom stereocenters. The average molecular weight is 1070 g/mol. The normalized spacial score (nSPS) is 13.8. The maximum absolute atomic E-state index is 12.9. The number of unbranched alkanes of at least 4 members (excludes halogenated alkanes) is 14. The summed E-state index contributed by atoms with van der Waals surface area (Å²) in [5, 5.41) is 11.8. The molecule has 0 aromatic heterocycles. The van der Waals surface area contributed by atoms with Gasteiger partial charge < -0.3 is 33.3 Å². The summed E-state index contributed by atoms with van der Waals surface area (Å²) in [7, 11) is 5.90. The molecule has 0 aromatic carbocycles. The number of carboxylic acids is 1. The van der Waals surface area contributed by atoms with Gasteiger partial charge in [-0.2, -0.15) is 0 Å². The molecule has 0 bridgehead atoms. The Morgan fingerprint density at radius 3 is 1.10 bits per heavy atom. The first-order valence-corrected chi connectivity index (χ1v) is 30.0. The molecule has 0 aliphatic carbocycles. The second-order valence-corrected chi connectivity index (χ2v) is 20.5. The van der Waals surface area contributed by atoms with Crippen molar-refractivity contribution in [3.05, 3.63) is 146 Å². The minimum absolute atomic E-state index is 0.134. The molecule has 0 amide bonds. The van der Waals surface area contributed by atoms with Crippen molar-refractivity contribution in [3.8, 4) is 0 Å². The predicted molar refractivity (Wildman–Crippen MR) is 324 cm³/mol. The highest BCUT2D eigenvalue weighted by molar-refractivity contribution is 5.70. The molecule has 2 atom stereocenters. The minimum Gasteiger partial charge on any atom is -0.545 e. The van der Waals surface area contributed by atoms with E-state index in [2.05, 4.69) is 160 Å². The standard InChI is InChI=1S/C68H109NO8/c1-6-8-10-12-14-16-18-20-22-23-24-25-26-27-28-29-30-31-32-33-34-35-36-37-38-39-40-41-42-43-45-47-49-51-53-55-57-59-66(71)77-64(63-76-68(67(72)73)74-61-60-69(3,4)5)62-75-65(70)58-56-54-52-50-48-46-44-21-19-17-15-13-11-9-7-2/h8,10,14-17,20-22,24-25,27-28,30-31,33-34,36-37,39-40,42-44,64,68H,6-7,9,11-13,18-19,23,26,29,32,35,38,41,45-63H2,1-5H3/b10-8-,16-14-,17-15-,22-20-,25-24-,28-27-,31-30-,34-33-,37-36-,40-39-,43-42-,44-21-. The van der Waals surface area contributed by atoms with Crippen molar-refractivity contribution in [2.45, 2.75) is 219 Å². The van der Waals surface area contributed by atoms with Crippen LogP contribution in [0.2, 0.25) is 0 Å². The smallest absolute Gasteiger partial charge is 0.306 e. The fourth-order valence-corrected chi connectivity index (χ4v) is 7.47. The van der Waals surface area contributed by atoms with E-state index in [9.17, 15) is 19.5 Å². The van der Waals surface area contributed by atoms with Crippen LogP contribution >= 0.6 is 0 Å². The van der Waals surface area contributed by atoms with Gasteiger partial charge in [0.2, 0.25) is 0 Å². The number of quaternary nitrogens is 1. The predicted octanol–water partition coefficient (Wildman–Crippen LogP) is 16.7. The van der Waals surface area contributed by atoms with Crippen LogP contribution in [0.4, 0.5) is 0 Å². The van der Waals surface area contributed by atoms with Crippen molar-refractivity contribution < 1.29 is 42.9 Å². The number of carbonyl (C=O) groups excluding carboxylic acids is 3. The van der Waals surface area contributed by atoms with Gasteiger partial charge in [0.25, 0.3) is 0 Å². The van der Waals surface area contributed by atoms with Crippen molar-refractivity contribution in [1.29, 1.82) is 0 Å². The number of hydrogen-bond acceptors (Lipinski definition) is 8. The number of carboxylic acid groups (broad SMARTS) is 1. The molecule has 77 heavy (non-hydrogen) atoms. The van der Waals surface area contributed by atoms with Gasteiger partial charge in [-0.05, 0) is 122 Å². The molecule has 0 aromatic rings. The molecule has 0 aliphatic rings. The van der Waals surface area contributed by atoms with Gasteiger partial charge >= 0.3 is 11.9 Å². The molecule has 9 heteroatoms. The second kappa shape index (κ2) is 57.3. The van der Waals surface area contributed by atoms with Crippen molar-refractivity contribution in [1.82, 2.24) is 0 Å². The molecule has 0 spiro atoms. The highest BCUT2D eigenvalue weighted by Crippen LogP contribution is 2.13. The minimum atomic E-state index is -1.64. The SMILES string of the molecule is CC/C=C\C/C=C\C/C=C\C/C=C\C/C=C\C/C=C\C/C=C\C/C=C\C/C=C\C/C=C\CCCCCCCCC(=O)OC(COC(=O)CCCCCCC/C=C\C/C=C\CCCCC)COC(OCC[N+](C)(C)C)C(=O)[O-]. The van der Waals surface area contributed by atoms with Crippen LogP contribution in [-0.4, -0.2) is 82.3 Å². The van der Waals surface area contributed by atoms with Crippen molar-refractivity contribution in [2.24, 2.45) is 0 Å². The molecule has 0 saturated heterocycles. The van der Waals surface area contributed by atoms with Crippen LogP contribution in [0, 0.1) is 0 Å². The number of allylic oxidation sites excluding steroid dienone is 24. The largest absolute Gasteiger partial charge is 0.545 e. The van der Waals surface area contributed by atoms with Gasteiger partial charge in [-0.15, -0.1) is 0 Å². The van der Waals surface area contributed by atoms with Crippen LogP contribution in [0.15, 0.2) is 146 Å². The lowest BCUT2D eigenvalue weighted by molar-refractivity contribution is -0.870. The van der Waals surface area contributed by atoms with Crippen LogP contribution in [0.5, 0.6) is 0 Å². The lowest BCUT2D eigenvalue weighted by atomic mass is 10.1. The Balaban J connectivity index is 4.26. The molecular formula is C68H109NO8. The maximum Gasteiger partial charge on any atom is 0.306 e. The zero-order chi connectivity index (χ0) is 56.2. The average Bonchev–Trinajstić information content (AvgIpc) is 3.40. The number of hydrogen-bond donors (Lipinski definition) is 0. The lowest BCUT2D eigenvalue weighted by Crippen LogP contribution is -2.44. The first-order chi connectivity index (χ1) is 37.6. The molecular weight excluding hydrogens is 959 g/mol. The second-order valence-electron chi connectivity index (χ2n) is 20.5. The van der Waals surface area contributed by atoms with Gasteiger partial charge in [-0.3, -0.25) is 9.59 Å². The quantitative estimate of drug-likeness (QED) is 0.0195. The molecule has 9 nitrogen and oxygen atoms in total. The van der Waals surface area contributed by atoms with Crippen LogP contribution in [0.25, 0.3) is 0 Å². The zero-order valence-corrected chi connectivity index (χ0v) is 49.3. The Labute approximate surface area is 471 Å². The zero-order valence-electron chi connectivity index (χ0n) is 49.3. The fraction of sp³-hybridized carbons (Fsp3) is 0.603. The highest BCUT2D eigenvalue weighted by Gasteiger charge is 2.22. The van der Waals surface area contributed by atoms with Crippen LogP contribution in [0.1, 0.15) is 206 Å².